The molecule has 0 radical (unpaired) electrons. The molecule has 5 nitrogen and oxygen atoms in total. The van der Waals surface area contributed by atoms with Crippen LogP contribution in [0.1, 0.15) is 18.4 Å². The molecule has 1 aromatic heterocycles. The summed E-state index contributed by atoms with van der Waals surface area (Å²) < 4.78 is 5.22. The Kier molecular flexibility index (Phi) is 5.50. The van der Waals surface area contributed by atoms with Gasteiger partial charge in [0.2, 0.25) is 17.6 Å². The first kappa shape index (κ1) is 17.2. The van der Waals surface area contributed by atoms with Gasteiger partial charge in [-0.1, -0.05) is 53.2 Å². The van der Waals surface area contributed by atoms with E-state index in [2.05, 4.69) is 15.5 Å². The maximum Gasteiger partial charge on any atom is 0.246 e. The molecule has 0 saturated carbocycles. The van der Waals surface area contributed by atoms with Crippen LogP contribution in [0.3, 0.4) is 0 Å². The highest BCUT2D eigenvalue weighted by molar-refractivity contribution is 8.00. The summed E-state index contributed by atoms with van der Waals surface area (Å²) in [5, 5.41) is 6.59. The smallest absolute Gasteiger partial charge is 0.246 e. The first-order valence-electron chi connectivity index (χ1n) is 8.01. The summed E-state index contributed by atoms with van der Waals surface area (Å²) >= 11 is 1.51. The van der Waals surface area contributed by atoms with E-state index in [-0.39, 0.29) is 17.7 Å². The molecule has 0 bridgehead atoms. The number of aromatic nitrogens is 2. The third-order valence-electron chi connectivity index (χ3n) is 3.62. The minimum atomic E-state index is -0.207. The van der Waals surface area contributed by atoms with E-state index in [9.17, 15) is 4.79 Å². The number of amides is 1. The predicted molar refractivity (Wildman–Crippen MR) is 98.1 cm³/mol. The van der Waals surface area contributed by atoms with E-state index < -0.39 is 0 Å². The van der Waals surface area contributed by atoms with Crippen LogP contribution >= 0.6 is 11.8 Å². The Morgan fingerprint density at radius 3 is 2.60 bits per heavy atom. The molecule has 25 heavy (non-hydrogen) atoms. The van der Waals surface area contributed by atoms with Crippen molar-refractivity contribution in [3.8, 4) is 11.4 Å². The van der Waals surface area contributed by atoms with Crippen LogP contribution in [0.25, 0.3) is 11.4 Å². The Bertz CT molecular complexity index is 831. The summed E-state index contributed by atoms with van der Waals surface area (Å²) in [6, 6.07) is 17.7. The second-order valence-electron chi connectivity index (χ2n) is 5.67. The minimum absolute atomic E-state index is 0.0658. The van der Waals surface area contributed by atoms with Crippen molar-refractivity contribution in [3.63, 3.8) is 0 Å². The van der Waals surface area contributed by atoms with Crippen molar-refractivity contribution in [2.75, 3.05) is 0 Å². The van der Waals surface area contributed by atoms with Gasteiger partial charge in [-0.15, -0.1) is 11.8 Å². The average Bonchev–Trinajstić information content (AvgIpc) is 3.10. The predicted octanol–water partition coefficient (Wildman–Crippen LogP) is 3.84. The average molecular weight is 353 g/mol. The van der Waals surface area contributed by atoms with Gasteiger partial charge in [-0.2, -0.15) is 4.98 Å². The molecular formula is C19H19N3O2S. The molecule has 1 amide bonds. The summed E-state index contributed by atoms with van der Waals surface area (Å²) in [6.07, 6.45) is 0. The van der Waals surface area contributed by atoms with Crippen molar-refractivity contribution in [1.82, 2.24) is 15.5 Å². The number of hydrogen-bond donors (Lipinski definition) is 1. The van der Waals surface area contributed by atoms with Gasteiger partial charge in [0.05, 0.1) is 11.8 Å². The summed E-state index contributed by atoms with van der Waals surface area (Å²) in [4.78, 5) is 17.6. The highest BCUT2D eigenvalue weighted by Gasteiger charge is 2.15. The molecule has 128 valence electrons. The van der Waals surface area contributed by atoms with Crippen LogP contribution in [0.2, 0.25) is 0 Å². The second-order valence-corrected chi connectivity index (χ2v) is 7.08. The lowest BCUT2D eigenvalue weighted by Gasteiger charge is -2.10. The lowest BCUT2D eigenvalue weighted by Crippen LogP contribution is -2.30. The van der Waals surface area contributed by atoms with Crippen LogP contribution in [0.4, 0.5) is 0 Å². The largest absolute Gasteiger partial charge is 0.346 e. The lowest BCUT2D eigenvalue weighted by atomic mass is 10.1. The van der Waals surface area contributed by atoms with Crippen LogP contribution in [-0.2, 0) is 11.3 Å². The van der Waals surface area contributed by atoms with Gasteiger partial charge in [-0.3, -0.25) is 4.79 Å². The quantitative estimate of drug-likeness (QED) is 0.682. The molecule has 0 aliphatic rings. The molecule has 3 rings (SSSR count). The molecule has 2 aromatic carbocycles. The summed E-state index contributed by atoms with van der Waals surface area (Å²) in [5.41, 5.74) is 2.06. The lowest BCUT2D eigenvalue weighted by molar-refractivity contribution is -0.120. The van der Waals surface area contributed by atoms with E-state index in [1.807, 2.05) is 68.4 Å². The third-order valence-corrected chi connectivity index (χ3v) is 4.73. The molecule has 1 heterocycles. The standard InChI is InChI=1S/C19H19N3O2S/c1-13-8-10-15(11-9-13)18-21-17(24-22-18)12-20-19(23)14(2)25-16-6-4-3-5-7-16/h3-11,14H,12H2,1-2H3,(H,20,23). The fourth-order valence-corrected chi connectivity index (χ4v) is 3.12. The Hall–Kier alpha value is -2.60. The molecule has 3 aromatic rings. The molecule has 0 aliphatic carbocycles. The molecule has 0 saturated heterocycles. The Balaban J connectivity index is 1.54. The highest BCUT2D eigenvalue weighted by atomic mass is 32.2. The van der Waals surface area contributed by atoms with E-state index in [1.165, 1.54) is 17.3 Å². The SMILES string of the molecule is Cc1ccc(-c2noc(CNC(=O)C(C)Sc3ccccc3)n2)cc1. The highest BCUT2D eigenvalue weighted by Crippen LogP contribution is 2.22. The van der Waals surface area contributed by atoms with Crippen LogP contribution in [0.15, 0.2) is 64.0 Å². The fraction of sp³-hybridized carbons (Fsp3) is 0.211. The van der Waals surface area contributed by atoms with Crippen molar-refractivity contribution in [2.24, 2.45) is 0 Å². The van der Waals surface area contributed by atoms with Crippen LogP contribution in [0.5, 0.6) is 0 Å². The number of nitrogens with one attached hydrogen (secondary N) is 1. The molecule has 0 aliphatic heterocycles. The first-order valence-corrected chi connectivity index (χ1v) is 8.89. The monoisotopic (exact) mass is 353 g/mol. The van der Waals surface area contributed by atoms with E-state index >= 15 is 0 Å². The minimum Gasteiger partial charge on any atom is -0.346 e. The van der Waals surface area contributed by atoms with Crippen molar-refractivity contribution in [3.05, 3.63) is 66.1 Å². The van der Waals surface area contributed by atoms with Gasteiger partial charge in [0.1, 0.15) is 0 Å². The van der Waals surface area contributed by atoms with Crippen molar-refractivity contribution in [2.45, 2.75) is 30.5 Å². The Morgan fingerprint density at radius 1 is 1.16 bits per heavy atom. The summed E-state index contributed by atoms with van der Waals surface area (Å²) in [6.45, 7) is 4.12. The number of carbonyl (C=O) groups excluding carboxylic acids is 1. The van der Waals surface area contributed by atoms with E-state index in [0.717, 1.165) is 10.5 Å². The van der Waals surface area contributed by atoms with Gasteiger partial charge < -0.3 is 9.84 Å². The maximum atomic E-state index is 12.2. The number of carbonyl (C=O) groups is 1. The Morgan fingerprint density at radius 2 is 1.88 bits per heavy atom. The number of aryl methyl sites for hydroxylation is 1. The van der Waals surface area contributed by atoms with Gasteiger partial charge in [0, 0.05) is 10.5 Å². The van der Waals surface area contributed by atoms with E-state index in [4.69, 9.17) is 4.52 Å². The van der Waals surface area contributed by atoms with Gasteiger partial charge in [-0.05, 0) is 26.0 Å². The molecule has 0 fully saturated rings. The normalized spacial score (nSPS) is 11.9. The number of rotatable bonds is 6. The molecule has 0 spiro atoms. The van der Waals surface area contributed by atoms with Gasteiger partial charge >= 0.3 is 0 Å². The van der Waals surface area contributed by atoms with Crippen molar-refractivity contribution < 1.29 is 9.32 Å². The van der Waals surface area contributed by atoms with Gasteiger partial charge in [-0.25, -0.2) is 0 Å². The van der Waals surface area contributed by atoms with Crippen molar-refractivity contribution >= 4 is 17.7 Å². The van der Waals surface area contributed by atoms with Gasteiger partial charge in [0.15, 0.2) is 0 Å². The number of nitrogens with zero attached hydrogens (tertiary/aromatic N) is 2. The fourth-order valence-electron chi connectivity index (χ4n) is 2.21. The molecule has 1 N–H and O–H groups in total. The zero-order chi connectivity index (χ0) is 17.6. The summed E-state index contributed by atoms with van der Waals surface area (Å²) in [5.74, 6) is 0.848. The zero-order valence-corrected chi connectivity index (χ0v) is 14.9. The first-order chi connectivity index (χ1) is 12.1. The van der Waals surface area contributed by atoms with Crippen molar-refractivity contribution in [1.29, 1.82) is 0 Å². The number of thioether (sulfide) groups is 1. The van der Waals surface area contributed by atoms with Crippen LogP contribution in [-0.4, -0.2) is 21.3 Å². The van der Waals surface area contributed by atoms with E-state index in [1.54, 1.807) is 0 Å². The third kappa shape index (κ3) is 4.70. The molecule has 1 atom stereocenters. The van der Waals surface area contributed by atoms with E-state index in [0.29, 0.717) is 11.7 Å². The molecular weight excluding hydrogens is 334 g/mol. The number of benzene rings is 2. The second kappa shape index (κ2) is 7.98. The van der Waals surface area contributed by atoms with Crippen LogP contribution in [0, 0.1) is 6.92 Å². The topological polar surface area (TPSA) is 68.0 Å². The molecule has 6 heteroatoms. The van der Waals surface area contributed by atoms with Gasteiger partial charge in [0.25, 0.3) is 0 Å². The maximum absolute atomic E-state index is 12.2. The zero-order valence-electron chi connectivity index (χ0n) is 14.1. The summed E-state index contributed by atoms with van der Waals surface area (Å²) in [7, 11) is 0. The molecule has 1 unspecified atom stereocenters. The Labute approximate surface area is 150 Å². The number of hydrogen-bond acceptors (Lipinski definition) is 5. The van der Waals surface area contributed by atoms with Crippen LogP contribution < -0.4 is 5.32 Å².